The number of primary amides is 1. The minimum atomic E-state index is -0.474. The van der Waals surface area contributed by atoms with E-state index in [0.29, 0.717) is 6.42 Å². The van der Waals surface area contributed by atoms with E-state index < -0.39 is 5.60 Å². The molecular weight excluding hydrogens is 182 g/mol. The summed E-state index contributed by atoms with van der Waals surface area (Å²) >= 11 is 0. The standard InChI is InChI=1S/C10H19NO3/c1-7(5-6-8(11)12)9(13)14-10(2,3)4/h7H,5-6H2,1-4H3,(H2,11,12)/t7-/m1/s1. The topological polar surface area (TPSA) is 69.4 Å². The second kappa shape index (κ2) is 4.98. The van der Waals surface area contributed by atoms with Crippen LogP contribution in [0.1, 0.15) is 40.5 Å². The SMILES string of the molecule is C[C@H](CCC(N)=O)C(=O)OC(C)(C)C. The summed E-state index contributed by atoms with van der Waals surface area (Å²) in [5, 5.41) is 0. The van der Waals surface area contributed by atoms with Crippen molar-refractivity contribution in [3.05, 3.63) is 0 Å². The molecule has 0 rings (SSSR count). The Bertz CT molecular complexity index is 218. The van der Waals surface area contributed by atoms with Crippen LogP contribution in [-0.2, 0) is 14.3 Å². The van der Waals surface area contributed by atoms with Crippen molar-refractivity contribution in [3.8, 4) is 0 Å². The van der Waals surface area contributed by atoms with Gasteiger partial charge < -0.3 is 10.5 Å². The van der Waals surface area contributed by atoms with Crippen molar-refractivity contribution in [2.24, 2.45) is 11.7 Å². The maximum atomic E-state index is 11.4. The Labute approximate surface area is 84.8 Å². The van der Waals surface area contributed by atoms with Crippen LogP contribution in [0.2, 0.25) is 0 Å². The summed E-state index contributed by atoms with van der Waals surface area (Å²) in [5.74, 6) is -0.944. The van der Waals surface area contributed by atoms with Gasteiger partial charge in [-0.2, -0.15) is 0 Å². The Morgan fingerprint density at radius 1 is 1.36 bits per heavy atom. The van der Waals surface area contributed by atoms with Gasteiger partial charge in [0.05, 0.1) is 5.92 Å². The molecule has 2 N–H and O–H groups in total. The molecule has 1 amide bonds. The lowest BCUT2D eigenvalue weighted by atomic mass is 10.1. The van der Waals surface area contributed by atoms with Crippen LogP contribution in [0.15, 0.2) is 0 Å². The first-order valence-electron chi connectivity index (χ1n) is 4.73. The second-order valence-electron chi connectivity index (χ2n) is 4.44. The van der Waals surface area contributed by atoms with E-state index in [2.05, 4.69) is 0 Å². The average molecular weight is 201 g/mol. The maximum absolute atomic E-state index is 11.4. The molecule has 0 aliphatic heterocycles. The van der Waals surface area contributed by atoms with Gasteiger partial charge >= 0.3 is 5.97 Å². The van der Waals surface area contributed by atoms with Crippen molar-refractivity contribution in [3.63, 3.8) is 0 Å². The smallest absolute Gasteiger partial charge is 0.309 e. The average Bonchev–Trinajstić information content (AvgIpc) is 1.96. The van der Waals surface area contributed by atoms with Crippen LogP contribution >= 0.6 is 0 Å². The molecular formula is C10H19NO3. The Hall–Kier alpha value is -1.06. The van der Waals surface area contributed by atoms with Crippen molar-refractivity contribution in [2.45, 2.75) is 46.1 Å². The fraction of sp³-hybridized carbons (Fsp3) is 0.800. The van der Waals surface area contributed by atoms with Crippen LogP contribution < -0.4 is 5.73 Å². The van der Waals surface area contributed by atoms with Crippen molar-refractivity contribution in [2.75, 3.05) is 0 Å². The highest BCUT2D eigenvalue weighted by atomic mass is 16.6. The van der Waals surface area contributed by atoms with Gasteiger partial charge in [-0.05, 0) is 27.2 Å². The molecule has 4 heteroatoms. The van der Waals surface area contributed by atoms with Gasteiger partial charge in [0.15, 0.2) is 0 Å². The molecule has 14 heavy (non-hydrogen) atoms. The number of rotatable bonds is 4. The minimum absolute atomic E-state index is 0.223. The molecule has 0 aliphatic carbocycles. The molecule has 4 nitrogen and oxygen atoms in total. The lowest BCUT2D eigenvalue weighted by Gasteiger charge is -2.21. The van der Waals surface area contributed by atoms with E-state index in [0.717, 1.165) is 0 Å². The number of hydrogen-bond donors (Lipinski definition) is 1. The minimum Gasteiger partial charge on any atom is -0.460 e. The zero-order valence-corrected chi connectivity index (χ0v) is 9.29. The van der Waals surface area contributed by atoms with Crippen molar-refractivity contribution in [1.29, 1.82) is 0 Å². The molecule has 1 atom stereocenters. The number of carbonyl (C=O) groups is 2. The molecule has 0 aromatic rings. The highest BCUT2D eigenvalue weighted by Crippen LogP contribution is 2.14. The van der Waals surface area contributed by atoms with Gasteiger partial charge in [-0.1, -0.05) is 6.92 Å². The van der Waals surface area contributed by atoms with E-state index in [9.17, 15) is 9.59 Å². The largest absolute Gasteiger partial charge is 0.460 e. The zero-order chi connectivity index (χ0) is 11.4. The fourth-order valence-electron chi connectivity index (χ4n) is 0.879. The number of carbonyl (C=O) groups excluding carboxylic acids is 2. The fourth-order valence-corrected chi connectivity index (χ4v) is 0.879. The molecule has 0 saturated carbocycles. The molecule has 0 bridgehead atoms. The Morgan fingerprint density at radius 2 is 1.86 bits per heavy atom. The van der Waals surface area contributed by atoms with Gasteiger partial charge in [-0.15, -0.1) is 0 Å². The molecule has 0 spiro atoms. The van der Waals surface area contributed by atoms with Crippen LogP contribution in [0.25, 0.3) is 0 Å². The monoisotopic (exact) mass is 201 g/mol. The summed E-state index contributed by atoms with van der Waals surface area (Å²) in [7, 11) is 0. The van der Waals surface area contributed by atoms with Crippen LogP contribution in [0.5, 0.6) is 0 Å². The van der Waals surface area contributed by atoms with E-state index in [-0.39, 0.29) is 24.2 Å². The number of ether oxygens (including phenoxy) is 1. The lowest BCUT2D eigenvalue weighted by molar-refractivity contribution is -0.159. The first kappa shape index (κ1) is 12.9. The van der Waals surface area contributed by atoms with E-state index in [4.69, 9.17) is 10.5 Å². The molecule has 82 valence electrons. The van der Waals surface area contributed by atoms with Gasteiger partial charge in [0.2, 0.25) is 5.91 Å². The number of nitrogens with two attached hydrogens (primary N) is 1. The predicted octanol–water partition coefficient (Wildman–Crippen LogP) is 1.23. The Morgan fingerprint density at radius 3 is 2.21 bits per heavy atom. The highest BCUT2D eigenvalue weighted by Gasteiger charge is 2.21. The molecule has 0 unspecified atom stereocenters. The van der Waals surface area contributed by atoms with Crippen molar-refractivity contribution in [1.82, 2.24) is 0 Å². The summed E-state index contributed by atoms with van der Waals surface area (Å²) in [6, 6.07) is 0. The Balaban J connectivity index is 3.94. The van der Waals surface area contributed by atoms with Gasteiger partial charge in [0.1, 0.15) is 5.60 Å². The number of amides is 1. The predicted molar refractivity (Wildman–Crippen MR) is 53.4 cm³/mol. The van der Waals surface area contributed by atoms with Crippen molar-refractivity contribution >= 4 is 11.9 Å². The first-order valence-corrected chi connectivity index (χ1v) is 4.73. The third-order valence-electron chi connectivity index (χ3n) is 1.63. The van der Waals surface area contributed by atoms with Gasteiger partial charge in [-0.3, -0.25) is 9.59 Å². The molecule has 0 fully saturated rings. The molecule has 0 saturated heterocycles. The summed E-state index contributed by atoms with van der Waals surface area (Å²) in [6.07, 6.45) is 0.671. The van der Waals surface area contributed by atoms with Crippen LogP contribution in [0, 0.1) is 5.92 Å². The van der Waals surface area contributed by atoms with E-state index >= 15 is 0 Å². The van der Waals surface area contributed by atoms with Crippen LogP contribution in [0.4, 0.5) is 0 Å². The second-order valence-corrected chi connectivity index (χ2v) is 4.44. The first-order chi connectivity index (χ1) is 6.22. The van der Waals surface area contributed by atoms with Crippen LogP contribution in [-0.4, -0.2) is 17.5 Å². The van der Waals surface area contributed by atoms with Crippen LogP contribution in [0.3, 0.4) is 0 Å². The molecule has 0 aromatic carbocycles. The number of hydrogen-bond acceptors (Lipinski definition) is 3. The third-order valence-corrected chi connectivity index (χ3v) is 1.63. The van der Waals surface area contributed by atoms with E-state index in [1.165, 1.54) is 0 Å². The highest BCUT2D eigenvalue weighted by molar-refractivity contribution is 5.76. The molecule has 0 aliphatic rings. The summed E-state index contributed by atoms with van der Waals surface area (Å²) in [6.45, 7) is 7.17. The normalized spacial score (nSPS) is 13.4. The van der Waals surface area contributed by atoms with Crippen molar-refractivity contribution < 1.29 is 14.3 Å². The van der Waals surface area contributed by atoms with E-state index in [1.54, 1.807) is 6.92 Å². The summed E-state index contributed by atoms with van der Waals surface area (Å²) < 4.78 is 5.14. The zero-order valence-electron chi connectivity index (χ0n) is 9.29. The molecule has 0 aromatic heterocycles. The third kappa shape index (κ3) is 6.46. The molecule has 0 radical (unpaired) electrons. The van der Waals surface area contributed by atoms with Gasteiger partial charge in [0, 0.05) is 6.42 Å². The Kier molecular flexibility index (Phi) is 4.60. The lowest BCUT2D eigenvalue weighted by Crippen LogP contribution is -2.28. The maximum Gasteiger partial charge on any atom is 0.309 e. The quantitative estimate of drug-likeness (QED) is 0.695. The van der Waals surface area contributed by atoms with Gasteiger partial charge in [0.25, 0.3) is 0 Å². The summed E-state index contributed by atoms with van der Waals surface area (Å²) in [5.41, 5.74) is 4.50. The van der Waals surface area contributed by atoms with E-state index in [1.807, 2.05) is 20.8 Å². The molecule has 0 heterocycles. The van der Waals surface area contributed by atoms with Gasteiger partial charge in [-0.25, -0.2) is 0 Å². The number of esters is 1. The summed E-state index contributed by atoms with van der Waals surface area (Å²) in [4.78, 5) is 21.9.